The highest BCUT2D eigenvalue weighted by atomic mass is 16.5. The van der Waals surface area contributed by atoms with Crippen molar-refractivity contribution >= 4 is 28.5 Å². The molecule has 1 aliphatic rings. The lowest BCUT2D eigenvalue weighted by Crippen LogP contribution is -2.01. The Morgan fingerprint density at radius 2 is 1.62 bits per heavy atom. The van der Waals surface area contributed by atoms with E-state index < -0.39 is 0 Å². The molecule has 1 aromatic heterocycles. The zero-order valence-corrected chi connectivity index (χ0v) is 14.7. The molecule has 0 bridgehead atoms. The minimum atomic E-state index is -0.303. The summed E-state index contributed by atoms with van der Waals surface area (Å²) in [5.41, 5.74) is 4.56. The molecular weight excluding hydrogens is 332 g/mol. The second-order valence-electron chi connectivity index (χ2n) is 5.81. The number of rotatable bonds is 2. The van der Waals surface area contributed by atoms with Gasteiger partial charge in [0.05, 0.1) is 25.3 Å². The molecule has 0 saturated heterocycles. The number of nitrogens with one attached hydrogen (secondary N) is 2. The summed E-state index contributed by atoms with van der Waals surface area (Å²) < 4.78 is 9.25. The second kappa shape index (κ2) is 7.74. The summed E-state index contributed by atoms with van der Waals surface area (Å²) in [7, 11) is 2.78. The van der Waals surface area contributed by atoms with Crippen LogP contribution >= 0.6 is 0 Å². The molecule has 3 aromatic rings. The molecule has 134 valence electrons. The number of aromatic amines is 1. The van der Waals surface area contributed by atoms with E-state index in [1.807, 2.05) is 30.5 Å². The monoisotopic (exact) mass is 352 g/mol. The molecule has 0 atom stereocenters. The zero-order valence-electron chi connectivity index (χ0n) is 14.7. The van der Waals surface area contributed by atoms with E-state index in [-0.39, 0.29) is 11.9 Å². The van der Waals surface area contributed by atoms with Crippen molar-refractivity contribution in [2.45, 2.75) is 6.42 Å². The molecular formula is C20H20N2O4. The highest BCUT2D eigenvalue weighted by Gasteiger charge is 2.13. The zero-order chi connectivity index (χ0) is 18.5. The molecule has 4 rings (SSSR count). The van der Waals surface area contributed by atoms with Crippen molar-refractivity contribution in [3.63, 3.8) is 0 Å². The van der Waals surface area contributed by atoms with Crippen molar-refractivity contribution in [3.05, 3.63) is 65.4 Å². The largest absolute Gasteiger partial charge is 0.465 e. The van der Waals surface area contributed by atoms with Gasteiger partial charge in [0.15, 0.2) is 0 Å². The number of fused-ring (bicyclic) bond motifs is 2. The van der Waals surface area contributed by atoms with Gasteiger partial charge in [-0.25, -0.2) is 9.59 Å². The highest BCUT2D eigenvalue weighted by molar-refractivity contribution is 5.94. The Balaban J connectivity index is 0.000000151. The first-order valence-corrected chi connectivity index (χ1v) is 8.23. The lowest BCUT2D eigenvalue weighted by molar-refractivity contribution is 0.0592. The van der Waals surface area contributed by atoms with Crippen molar-refractivity contribution in [1.82, 2.24) is 4.98 Å². The normalized spacial score (nSPS) is 11.8. The van der Waals surface area contributed by atoms with Crippen molar-refractivity contribution in [3.8, 4) is 0 Å². The van der Waals surface area contributed by atoms with Crippen molar-refractivity contribution in [2.24, 2.45) is 0 Å². The lowest BCUT2D eigenvalue weighted by atomic mass is 10.1. The summed E-state index contributed by atoms with van der Waals surface area (Å²) in [6.45, 7) is 0.958. The SMILES string of the molecule is COC(=O)c1ccc2[nH]ccc2c1.COC(=O)c1ccc2c(c1)CCN2. The number of carbonyl (C=O) groups excluding carboxylic acids is 2. The van der Waals surface area contributed by atoms with Crippen LogP contribution in [0.1, 0.15) is 26.3 Å². The topological polar surface area (TPSA) is 80.4 Å². The molecule has 6 nitrogen and oxygen atoms in total. The summed E-state index contributed by atoms with van der Waals surface area (Å²) in [6.07, 6.45) is 2.83. The molecule has 0 radical (unpaired) electrons. The Kier molecular flexibility index (Phi) is 5.22. The lowest BCUT2D eigenvalue weighted by Gasteiger charge is -2.02. The number of benzene rings is 2. The maximum atomic E-state index is 11.2. The van der Waals surface area contributed by atoms with Crippen LogP contribution in [0.5, 0.6) is 0 Å². The van der Waals surface area contributed by atoms with Gasteiger partial charge in [0.25, 0.3) is 0 Å². The smallest absolute Gasteiger partial charge is 0.337 e. The minimum absolute atomic E-state index is 0.269. The van der Waals surface area contributed by atoms with Gasteiger partial charge in [0.1, 0.15) is 0 Å². The Morgan fingerprint density at radius 3 is 2.35 bits per heavy atom. The van der Waals surface area contributed by atoms with Crippen LogP contribution in [0.25, 0.3) is 10.9 Å². The first-order valence-electron chi connectivity index (χ1n) is 8.23. The van der Waals surface area contributed by atoms with E-state index in [4.69, 9.17) is 0 Å². The first-order chi connectivity index (χ1) is 12.6. The molecule has 0 fully saturated rings. The van der Waals surface area contributed by atoms with Gasteiger partial charge in [-0.05, 0) is 54.4 Å². The van der Waals surface area contributed by atoms with Gasteiger partial charge < -0.3 is 19.8 Å². The fourth-order valence-electron chi connectivity index (χ4n) is 2.85. The van der Waals surface area contributed by atoms with Crippen LogP contribution in [0.4, 0.5) is 5.69 Å². The molecule has 0 aliphatic carbocycles. The number of hydrogen-bond acceptors (Lipinski definition) is 5. The van der Waals surface area contributed by atoms with Crippen LogP contribution in [0.3, 0.4) is 0 Å². The van der Waals surface area contributed by atoms with E-state index in [9.17, 15) is 9.59 Å². The fraction of sp³-hybridized carbons (Fsp3) is 0.200. The summed E-state index contributed by atoms with van der Waals surface area (Å²) >= 11 is 0. The third kappa shape index (κ3) is 3.69. The molecule has 2 heterocycles. The van der Waals surface area contributed by atoms with Gasteiger partial charge in [-0.15, -0.1) is 0 Å². The number of anilines is 1. The van der Waals surface area contributed by atoms with Crippen LogP contribution in [-0.2, 0) is 15.9 Å². The quantitative estimate of drug-likeness (QED) is 0.691. The van der Waals surface area contributed by atoms with E-state index in [0.717, 1.165) is 29.6 Å². The number of hydrogen-bond donors (Lipinski definition) is 2. The number of H-pyrrole nitrogens is 1. The van der Waals surface area contributed by atoms with Crippen LogP contribution in [-0.4, -0.2) is 37.7 Å². The predicted octanol–water partition coefficient (Wildman–Crippen LogP) is 3.40. The third-order valence-electron chi connectivity index (χ3n) is 4.21. The average molecular weight is 352 g/mol. The van der Waals surface area contributed by atoms with Gasteiger partial charge in [-0.2, -0.15) is 0 Å². The summed E-state index contributed by atoms with van der Waals surface area (Å²) in [5, 5.41) is 4.25. The molecule has 26 heavy (non-hydrogen) atoms. The molecule has 2 N–H and O–H groups in total. The maximum Gasteiger partial charge on any atom is 0.337 e. The van der Waals surface area contributed by atoms with E-state index in [1.165, 1.54) is 19.8 Å². The molecule has 2 aromatic carbocycles. The van der Waals surface area contributed by atoms with Crippen LogP contribution in [0.15, 0.2) is 48.7 Å². The average Bonchev–Trinajstić information content (AvgIpc) is 3.34. The van der Waals surface area contributed by atoms with Crippen molar-refractivity contribution in [2.75, 3.05) is 26.1 Å². The summed E-state index contributed by atoms with van der Waals surface area (Å²) in [6, 6.07) is 12.9. The van der Waals surface area contributed by atoms with Crippen LogP contribution in [0, 0.1) is 0 Å². The third-order valence-corrected chi connectivity index (χ3v) is 4.21. The number of carbonyl (C=O) groups is 2. The first kappa shape index (κ1) is 17.5. The van der Waals surface area contributed by atoms with E-state index in [1.54, 1.807) is 18.2 Å². The molecule has 6 heteroatoms. The Morgan fingerprint density at radius 1 is 0.923 bits per heavy atom. The Hall–Kier alpha value is -3.28. The molecule has 1 aliphatic heterocycles. The number of aromatic nitrogens is 1. The van der Waals surface area contributed by atoms with Crippen LogP contribution < -0.4 is 5.32 Å². The fourth-order valence-corrected chi connectivity index (χ4v) is 2.85. The second-order valence-corrected chi connectivity index (χ2v) is 5.81. The highest BCUT2D eigenvalue weighted by Crippen LogP contribution is 2.23. The number of esters is 2. The number of methoxy groups -OCH3 is 2. The summed E-state index contributed by atoms with van der Waals surface area (Å²) in [5.74, 6) is -0.571. The van der Waals surface area contributed by atoms with Gasteiger partial charge in [-0.3, -0.25) is 0 Å². The Bertz CT molecular complexity index is 946. The molecule has 0 unspecified atom stereocenters. The van der Waals surface area contributed by atoms with Gasteiger partial charge in [0, 0.05) is 29.3 Å². The molecule has 0 spiro atoms. The van der Waals surface area contributed by atoms with E-state index in [2.05, 4.69) is 19.8 Å². The Labute approximate surface area is 151 Å². The molecule has 0 saturated carbocycles. The summed E-state index contributed by atoms with van der Waals surface area (Å²) in [4.78, 5) is 25.4. The standard InChI is InChI=1S/C10H11NO2.C10H9NO2/c2*1-13-10(12)8-2-3-9-7(6-8)4-5-11-9/h2-3,6,11H,4-5H2,1H3;2-6,11H,1H3. The minimum Gasteiger partial charge on any atom is -0.465 e. The van der Waals surface area contributed by atoms with Gasteiger partial charge >= 0.3 is 11.9 Å². The van der Waals surface area contributed by atoms with Crippen molar-refractivity contribution < 1.29 is 19.1 Å². The van der Waals surface area contributed by atoms with E-state index >= 15 is 0 Å². The van der Waals surface area contributed by atoms with Crippen molar-refractivity contribution in [1.29, 1.82) is 0 Å². The molecule has 0 amide bonds. The maximum absolute atomic E-state index is 11.2. The van der Waals surface area contributed by atoms with Gasteiger partial charge in [-0.1, -0.05) is 0 Å². The van der Waals surface area contributed by atoms with Gasteiger partial charge in [0.2, 0.25) is 0 Å². The predicted molar refractivity (Wildman–Crippen MR) is 99.6 cm³/mol. The van der Waals surface area contributed by atoms with E-state index in [0.29, 0.717) is 11.1 Å². The van der Waals surface area contributed by atoms with Crippen LogP contribution in [0.2, 0.25) is 0 Å². The number of ether oxygens (including phenoxy) is 2.